The molecule has 2 aromatic rings. The Morgan fingerprint density at radius 2 is 2.04 bits per heavy atom. The van der Waals surface area contributed by atoms with Crippen molar-refractivity contribution in [3.05, 3.63) is 35.5 Å². The van der Waals surface area contributed by atoms with E-state index >= 15 is 0 Å². The number of rotatable bonds is 3. The predicted octanol–water partition coefficient (Wildman–Crippen LogP) is 4.06. The van der Waals surface area contributed by atoms with E-state index in [4.69, 9.17) is 16.3 Å². The summed E-state index contributed by atoms with van der Waals surface area (Å²) in [5.41, 5.74) is 0.688. The van der Waals surface area contributed by atoms with Gasteiger partial charge in [0.2, 0.25) is 0 Å². The molecule has 1 aliphatic heterocycles. The lowest BCUT2D eigenvalue weighted by atomic mass is 9.97. The predicted molar refractivity (Wildman–Crippen MR) is 91.9 cm³/mol. The molecule has 1 fully saturated rings. The molecule has 1 saturated heterocycles. The SMILES string of the molecule is C[C@H]1CCC[C@H](C)N1C(=O)COc1ccc(Cl)c2cccnc12. The number of hydrogen-bond donors (Lipinski definition) is 0. The number of amides is 1. The number of fused-ring (bicyclic) bond motifs is 1. The van der Waals surface area contributed by atoms with Crippen LogP contribution in [-0.4, -0.2) is 34.5 Å². The fourth-order valence-electron chi connectivity index (χ4n) is 3.36. The van der Waals surface area contributed by atoms with Gasteiger partial charge >= 0.3 is 0 Å². The van der Waals surface area contributed by atoms with Gasteiger partial charge in [0.1, 0.15) is 11.3 Å². The summed E-state index contributed by atoms with van der Waals surface area (Å²) >= 11 is 6.18. The van der Waals surface area contributed by atoms with Crippen LogP contribution in [0.1, 0.15) is 33.1 Å². The van der Waals surface area contributed by atoms with Gasteiger partial charge in [0.15, 0.2) is 6.61 Å². The molecule has 0 unspecified atom stereocenters. The first-order valence-electron chi connectivity index (χ1n) is 8.05. The Bertz CT molecular complexity index is 709. The molecular formula is C18H21ClN2O2. The highest BCUT2D eigenvalue weighted by atomic mass is 35.5. The first-order chi connectivity index (χ1) is 11.1. The van der Waals surface area contributed by atoms with E-state index in [9.17, 15) is 4.79 Å². The van der Waals surface area contributed by atoms with Crippen LogP contribution >= 0.6 is 11.6 Å². The summed E-state index contributed by atoms with van der Waals surface area (Å²) in [6.45, 7) is 4.24. The molecule has 23 heavy (non-hydrogen) atoms. The maximum absolute atomic E-state index is 12.5. The number of carbonyl (C=O) groups excluding carboxylic acids is 1. The fraction of sp³-hybridized carbons (Fsp3) is 0.444. The van der Waals surface area contributed by atoms with Crippen LogP contribution in [0, 0.1) is 0 Å². The van der Waals surface area contributed by atoms with E-state index < -0.39 is 0 Å². The van der Waals surface area contributed by atoms with E-state index in [1.54, 1.807) is 18.3 Å². The number of aromatic nitrogens is 1. The van der Waals surface area contributed by atoms with Gasteiger partial charge in [0.05, 0.1) is 5.02 Å². The number of likely N-dealkylation sites (tertiary alicyclic amines) is 1. The lowest BCUT2D eigenvalue weighted by Crippen LogP contribution is -2.49. The Kier molecular flexibility index (Phi) is 4.71. The van der Waals surface area contributed by atoms with E-state index in [-0.39, 0.29) is 24.6 Å². The molecule has 0 saturated carbocycles. The van der Waals surface area contributed by atoms with Crippen molar-refractivity contribution >= 4 is 28.4 Å². The fourth-order valence-corrected chi connectivity index (χ4v) is 3.57. The molecule has 5 heteroatoms. The van der Waals surface area contributed by atoms with Gasteiger partial charge in [-0.25, -0.2) is 0 Å². The van der Waals surface area contributed by atoms with Gasteiger partial charge in [-0.3, -0.25) is 9.78 Å². The standard InChI is InChI=1S/C18H21ClN2O2/c1-12-5-3-6-13(2)21(12)17(22)11-23-16-9-8-15(19)14-7-4-10-20-18(14)16/h4,7-10,12-13H,3,5-6,11H2,1-2H3/t12-,13-/m0/s1. The van der Waals surface area contributed by atoms with Crippen LogP contribution in [0.2, 0.25) is 5.02 Å². The van der Waals surface area contributed by atoms with Crippen LogP contribution in [0.25, 0.3) is 10.9 Å². The second-order valence-corrected chi connectivity index (χ2v) is 6.57. The third kappa shape index (κ3) is 3.27. The molecule has 1 aromatic carbocycles. The minimum absolute atomic E-state index is 0.0297. The molecule has 0 spiro atoms. The van der Waals surface area contributed by atoms with Crippen molar-refractivity contribution in [3.63, 3.8) is 0 Å². The smallest absolute Gasteiger partial charge is 0.260 e. The number of nitrogens with zero attached hydrogens (tertiary/aromatic N) is 2. The van der Waals surface area contributed by atoms with Gasteiger partial charge in [0, 0.05) is 23.7 Å². The number of pyridine rings is 1. The molecule has 122 valence electrons. The molecule has 2 heterocycles. The molecule has 4 nitrogen and oxygen atoms in total. The van der Waals surface area contributed by atoms with Gasteiger partial charge in [-0.1, -0.05) is 11.6 Å². The average Bonchev–Trinajstić information content (AvgIpc) is 2.54. The summed E-state index contributed by atoms with van der Waals surface area (Å²) in [5.74, 6) is 0.624. The second-order valence-electron chi connectivity index (χ2n) is 6.16. The molecule has 0 radical (unpaired) electrons. The van der Waals surface area contributed by atoms with Crippen molar-refractivity contribution in [1.29, 1.82) is 0 Å². The van der Waals surface area contributed by atoms with E-state index in [1.807, 2.05) is 17.0 Å². The summed E-state index contributed by atoms with van der Waals surface area (Å²) in [7, 11) is 0. The van der Waals surface area contributed by atoms with E-state index in [1.165, 1.54) is 6.42 Å². The Labute approximate surface area is 141 Å². The molecule has 1 aliphatic rings. The third-order valence-electron chi connectivity index (χ3n) is 4.51. The monoisotopic (exact) mass is 332 g/mol. The normalized spacial score (nSPS) is 21.4. The van der Waals surface area contributed by atoms with Crippen LogP contribution in [0.4, 0.5) is 0 Å². The first-order valence-corrected chi connectivity index (χ1v) is 8.43. The highest BCUT2D eigenvalue weighted by molar-refractivity contribution is 6.35. The summed E-state index contributed by atoms with van der Waals surface area (Å²) in [5, 5.41) is 1.46. The highest BCUT2D eigenvalue weighted by Crippen LogP contribution is 2.30. The zero-order valence-electron chi connectivity index (χ0n) is 13.5. The molecule has 0 aliphatic carbocycles. The summed E-state index contributed by atoms with van der Waals surface area (Å²) in [6, 6.07) is 7.82. The zero-order valence-corrected chi connectivity index (χ0v) is 14.2. The van der Waals surface area contributed by atoms with E-state index in [0.717, 1.165) is 18.2 Å². The van der Waals surface area contributed by atoms with Crippen molar-refractivity contribution < 1.29 is 9.53 Å². The minimum Gasteiger partial charge on any atom is -0.481 e. The van der Waals surface area contributed by atoms with Gasteiger partial charge in [0.25, 0.3) is 5.91 Å². The van der Waals surface area contributed by atoms with Crippen molar-refractivity contribution in [2.24, 2.45) is 0 Å². The van der Waals surface area contributed by atoms with Gasteiger partial charge in [-0.2, -0.15) is 0 Å². The van der Waals surface area contributed by atoms with Crippen molar-refractivity contribution in [2.45, 2.75) is 45.2 Å². The van der Waals surface area contributed by atoms with Crippen LogP contribution < -0.4 is 4.74 Å². The molecule has 1 amide bonds. The van der Waals surface area contributed by atoms with Gasteiger partial charge in [-0.05, 0) is 57.4 Å². The number of piperidine rings is 1. The molecular weight excluding hydrogens is 312 g/mol. The first kappa shape index (κ1) is 16.1. The van der Waals surface area contributed by atoms with E-state index in [2.05, 4.69) is 18.8 Å². The summed E-state index contributed by atoms with van der Waals surface area (Å²) < 4.78 is 5.77. The Hall–Kier alpha value is -1.81. The molecule has 3 rings (SSSR count). The molecule has 1 aromatic heterocycles. The number of ether oxygens (including phenoxy) is 1. The van der Waals surface area contributed by atoms with Crippen molar-refractivity contribution in [1.82, 2.24) is 9.88 Å². The number of halogens is 1. The topological polar surface area (TPSA) is 42.4 Å². The quantitative estimate of drug-likeness (QED) is 0.851. The Morgan fingerprint density at radius 1 is 1.30 bits per heavy atom. The maximum atomic E-state index is 12.5. The van der Waals surface area contributed by atoms with E-state index in [0.29, 0.717) is 16.3 Å². The van der Waals surface area contributed by atoms with Crippen LogP contribution in [0.5, 0.6) is 5.75 Å². The number of hydrogen-bond acceptors (Lipinski definition) is 3. The number of benzene rings is 1. The lowest BCUT2D eigenvalue weighted by Gasteiger charge is -2.39. The molecule has 2 atom stereocenters. The Balaban J connectivity index is 1.76. The van der Waals surface area contributed by atoms with Gasteiger partial charge < -0.3 is 9.64 Å². The highest BCUT2D eigenvalue weighted by Gasteiger charge is 2.29. The molecule has 0 N–H and O–H groups in total. The maximum Gasteiger partial charge on any atom is 0.260 e. The third-order valence-corrected chi connectivity index (χ3v) is 4.84. The number of carbonyl (C=O) groups is 1. The summed E-state index contributed by atoms with van der Waals surface area (Å²) in [6.07, 6.45) is 4.99. The van der Waals surface area contributed by atoms with Gasteiger partial charge in [-0.15, -0.1) is 0 Å². The zero-order chi connectivity index (χ0) is 16.4. The largest absolute Gasteiger partial charge is 0.481 e. The minimum atomic E-state index is 0.0297. The second kappa shape index (κ2) is 6.75. The van der Waals surface area contributed by atoms with Crippen molar-refractivity contribution in [2.75, 3.05) is 6.61 Å². The van der Waals surface area contributed by atoms with Crippen LogP contribution in [-0.2, 0) is 4.79 Å². The van der Waals surface area contributed by atoms with Crippen LogP contribution in [0.15, 0.2) is 30.5 Å². The molecule has 0 bridgehead atoms. The lowest BCUT2D eigenvalue weighted by molar-refractivity contribution is -0.139. The Morgan fingerprint density at radius 3 is 2.78 bits per heavy atom. The van der Waals surface area contributed by atoms with Crippen molar-refractivity contribution in [3.8, 4) is 5.75 Å². The van der Waals surface area contributed by atoms with Crippen LogP contribution in [0.3, 0.4) is 0 Å². The summed E-state index contributed by atoms with van der Waals surface area (Å²) in [4.78, 5) is 18.8. The average molecular weight is 333 g/mol.